The predicted octanol–water partition coefficient (Wildman–Crippen LogP) is 4.10. The second-order valence-corrected chi connectivity index (χ2v) is 8.27. The van der Waals surface area contributed by atoms with E-state index in [9.17, 15) is 9.59 Å². The Labute approximate surface area is 173 Å². The Morgan fingerprint density at radius 3 is 2.50 bits per heavy atom. The summed E-state index contributed by atoms with van der Waals surface area (Å²) >= 11 is 3.36. The summed E-state index contributed by atoms with van der Waals surface area (Å²) in [5.41, 5.74) is 0.934. The normalized spacial score (nSPS) is 12.2. The molecule has 0 saturated heterocycles. The fraction of sp³-hybridized carbons (Fsp3) is 0.381. The highest BCUT2D eigenvalue weighted by Gasteiger charge is 2.25. The Morgan fingerprint density at radius 1 is 1.21 bits per heavy atom. The van der Waals surface area contributed by atoms with Crippen LogP contribution in [-0.2, 0) is 22.4 Å². The van der Waals surface area contributed by atoms with Gasteiger partial charge in [-0.1, -0.05) is 30.3 Å². The summed E-state index contributed by atoms with van der Waals surface area (Å²) in [6.07, 6.45) is 1.42. The van der Waals surface area contributed by atoms with Crippen molar-refractivity contribution >= 4 is 27.8 Å². The van der Waals surface area contributed by atoms with E-state index in [0.29, 0.717) is 17.9 Å². The minimum Gasteiger partial charge on any atom is -0.481 e. The number of benzene rings is 1. The van der Waals surface area contributed by atoms with Gasteiger partial charge < -0.3 is 14.8 Å². The van der Waals surface area contributed by atoms with Crippen molar-refractivity contribution in [2.24, 2.45) is 0 Å². The number of ether oxygens (including phenoxy) is 2. The second-order valence-electron chi connectivity index (χ2n) is 7.35. The Hall–Kier alpha value is -2.41. The molecule has 1 amide bonds. The van der Waals surface area contributed by atoms with Gasteiger partial charge in [-0.05, 0) is 54.8 Å². The molecule has 1 heterocycles. The number of ketones is 1. The number of alkyl carbamates (subject to hydrolysis) is 1. The fourth-order valence-electron chi connectivity index (χ4n) is 2.63. The number of hydrogen-bond donors (Lipinski definition) is 1. The highest BCUT2D eigenvalue weighted by Crippen LogP contribution is 2.21. The lowest BCUT2D eigenvalue weighted by Crippen LogP contribution is -2.45. The minimum absolute atomic E-state index is 0.0723. The van der Waals surface area contributed by atoms with Crippen LogP contribution in [0.4, 0.5) is 4.79 Å². The van der Waals surface area contributed by atoms with Crippen molar-refractivity contribution in [1.82, 2.24) is 10.3 Å². The molecule has 0 aliphatic carbocycles. The van der Waals surface area contributed by atoms with Crippen molar-refractivity contribution in [1.29, 1.82) is 0 Å². The van der Waals surface area contributed by atoms with Crippen LogP contribution in [0.5, 0.6) is 5.88 Å². The van der Waals surface area contributed by atoms with E-state index in [2.05, 4.69) is 26.2 Å². The van der Waals surface area contributed by atoms with E-state index < -0.39 is 17.7 Å². The van der Waals surface area contributed by atoms with Crippen LogP contribution in [0, 0.1) is 0 Å². The van der Waals surface area contributed by atoms with Crippen LogP contribution in [0.15, 0.2) is 47.1 Å². The zero-order chi connectivity index (χ0) is 20.7. The number of amides is 1. The van der Waals surface area contributed by atoms with Gasteiger partial charge in [0.2, 0.25) is 5.88 Å². The lowest BCUT2D eigenvalue weighted by atomic mass is 9.98. The van der Waals surface area contributed by atoms with E-state index in [4.69, 9.17) is 9.47 Å². The number of hydrogen-bond acceptors (Lipinski definition) is 5. The van der Waals surface area contributed by atoms with Crippen molar-refractivity contribution in [3.05, 3.63) is 58.2 Å². The quantitative estimate of drug-likeness (QED) is 0.689. The largest absolute Gasteiger partial charge is 0.481 e. The van der Waals surface area contributed by atoms with Gasteiger partial charge in [0.05, 0.1) is 13.2 Å². The van der Waals surface area contributed by atoms with Gasteiger partial charge >= 0.3 is 6.09 Å². The summed E-state index contributed by atoms with van der Waals surface area (Å²) in [7, 11) is 1.50. The van der Waals surface area contributed by atoms with Crippen LogP contribution in [-0.4, -0.2) is 35.6 Å². The summed E-state index contributed by atoms with van der Waals surface area (Å²) in [4.78, 5) is 29.5. The molecule has 150 valence electrons. The highest BCUT2D eigenvalue weighted by molar-refractivity contribution is 9.10. The van der Waals surface area contributed by atoms with Crippen molar-refractivity contribution in [3.8, 4) is 5.88 Å². The molecular formula is C21H25BrN2O4. The molecule has 0 unspecified atom stereocenters. The molecular weight excluding hydrogens is 424 g/mol. The fourth-order valence-corrected chi connectivity index (χ4v) is 3.01. The van der Waals surface area contributed by atoms with Gasteiger partial charge in [0.15, 0.2) is 5.78 Å². The molecule has 1 atom stereocenters. The molecule has 0 saturated carbocycles. The maximum Gasteiger partial charge on any atom is 0.408 e. The van der Waals surface area contributed by atoms with Crippen molar-refractivity contribution in [2.45, 2.75) is 45.3 Å². The molecule has 1 aromatic carbocycles. The van der Waals surface area contributed by atoms with Crippen molar-refractivity contribution in [3.63, 3.8) is 0 Å². The summed E-state index contributed by atoms with van der Waals surface area (Å²) in [6, 6.07) is 10.6. The maximum atomic E-state index is 13.0. The minimum atomic E-state index is -0.735. The van der Waals surface area contributed by atoms with Crippen LogP contribution in [0.25, 0.3) is 0 Å². The highest BCUT2D eigenvalue weighted by atomic mass is 79.9. The third-order valence-corrected chi connectivity index (χ3v) is 4.25. The average Bonchev–Trinajstić information content (AvgIpc) is 2.60. The summed E-state index contributed by atoms with van der Waals surface area (Å²) in [6.45, 7) is 5.33. The number of nitrogens with zero attached hydrogens (tertiary/aromatic N) is 1. The zero-order valence-corrected chi connectivity index (χ0v) is 18.1. The number of Topliss-reactive ketones (excluding diaryl/α,β-unsaturated/α-hetero) is 1. The van der Waals surface area contributed by atoms with E-state index in [0.717, 1.165) is 10.0 Å². The molecule has 2 aromatic rings. The molecule has 0 radical (unpaired) electrons. The van der Waals surface area contributed by atoms with Gasteiger partial charge in [-0.2, -0.15) is 0 Å². The van der Waals surface area contributed by atoms with E-state index >= 15 is 0 Å². The molecule has 1 aromatic heterocycles. The van der Waals surface area contributed by atoms with Crippen LogP contribution in [0.2, 0.25) is 0 Å². The first-order valence-electron chi connectivity index (χ1n) is 8.92. The van der Waals surface area contributed by atoms with Crippen LogP contribution in [0.3, 0.4) is 0 Å². The summed E-state index contributed by atoms with van der Waals surface area (Å²) in [5, 5.41) is 2.71. The average molecular weight is 449 g/mol. The molecule has 0 aliphatic rings. The third kappa shape index (κ3) is 6.96. The molecule has 0 aliphatic heterocycles. The van der Waals surface area contributed by atoms with E-state index in [1.54, 1.807) is 33.0 Å². The number of methoxy groups -OCH3 is 1. The van der Waals surface area contributed by atoms with Crippen molar-refractivity contribution in [2.75, 3.05) is 7.11 Å². The number of rotatable bonds is 7. The molecule has 0 spiro atoms. The van der Waals surface area contributed by atoms with Gasteiger partial charge in [-0.15, -0.1) is 0 Å². The first-order valence-corrected chi connectivity index (χ1v) is 9.72. The number of carbonyl (C=O) groups excluding carboxylic acids is 2. The van der Waals surface area contributed by atoms with E-state index in [1.165, 1.54) is 7.11 Å². The van der Waals surface area contributed by atoms with Crippen LogP contribution >= 0.6 is 15.9 Å². The van der Waals surface area contributed by atoms with Crippen LogP contribution in [0.1, 0.15) is 31.9 Å². The third-order valence-electron chi connectivity index (χ3n) is 3.81. The number of pyridine rings is 1. The number of nitrogens with one attached hydrogen (secondary N) is 1. The molecule has 28 heavy (non-hydrogen) atoms. The Kier molecular flexibility index (Phi) is 7.57. The first kappa shape index (κ1) is 21.9. The monoisotopic (exact) mass is 448 g/mol. The Bertz CT molecular complexity index is 819. The summed E-state index contributed by atoms with van der Waals surface area (Å²) < 4.78 is 11.3. The lowest BCUT2D eigenvalue weighted by molar-refractivity contribution is -0.120. The number of carbonyl (C=O) groups is 2. The topological polar surface area (TPSA) is 77.5 Å². The second kappa shape index (κ2) is 9.68. The van der Waals surface area contributed by atoms with Crippen LogP contribution < -0.4 is 10.1 Å². The smallest absolute Gasteiger partial charge is 0.408 e. The first-order chi connectivity index (χ1) is 13.2. The SMILES string of the molecule is COc1ncc(Br)cc1CC(=O)[C@H](Cc1ccccc1)NC(=O)OC(C)(C)C. The molecule has 0 bridgehead atoms. The summed E-state index contributed by atoms with van der Waals surface area (Å²) in [5.74, 6) is 0.222. The van der Waals surface area contributed by atoms with Gasteiger partial charge in [0.25, 0.3) is 0 Å². The maximum absolute atomic E-state index is 13.0. The van der Waals surface area contributed by atoms with Gasteiger partial charge in [0.1, 0.15) is 5.60 Å². The standard InChI is InChI=1S/C21H25BrN2O4/c1-21(2,3)28-20(26)24-17(10-14-8-6-5-7-9-14)18(25)12-15-11-16(22)13-23-19(15)27-4/h5-9,11,13,17H,10,12H2,1-4H3,(H,24,26)/t17-/m0/s1. The van der Waals surface area contributed by atoms with Crippen molar-refractivity contribution < 1.29 is 19.1 Å². The Morgan fingerprint density at radius 2 is 1.89 bits per heavy atom. The Balaban J connectivity index is 2.21. The molecule has 7 heteroatoms. The van der Waals surface area contributed by atoms with E-state index in [-0.39, 0.29) is 12.2 Å². The molecule has 2 rings (SSSR count). The molecule has 6 nitrogen and oxygen atoms in total. The molecule has 1 N–H and O–H groups in total. The predicted molar refractivity (Wildman–Crippen MR) is 111 cm³/mol. The van der Waals surface area contributed by atoms with Gasteiger partial charge in [-0.3, -0.25) is 4.79 Å². The molecule has 0 fully saturated rings. The number of aromatic nitrogens is 1. The van der Waals surface area contributed by atoms with E-state index in [1.807, 2.05) is 30.3 Å². The van der Waals surface area contributed by atoms with Gasteiger partial charge in [0, 0.05) is 22.7 Å². The van der Waals surface area contributed by atoms with Gasteiger partial charge in [-0.25, -0.2) is 9.78 Å². The lowest BCUT2D eigenvalue weighted by Gasteiger charge is -2.23. The zero-order valence-electron chi connectivity index (χ0n) is 16.5. The number of halogens is 1.